The van der Waals surface area contributed by atoms with Crippen molar-refractivity contribution in [3.63, 3.8) is 0 Å². The van der Waals surface area contributed by atoms with Gasteiger partial charge >= 0.3 is 11.8 Å². The van der Waals surface area contributed by atoms with E-state index in [9.17, 15) is 29.7 Å². The first-order valence-electron chi connectivity index (χ1n) is 15.8. The Morgan fingerprint density at radius 2 is 1.64 bits per heavy atom. The molecule has 0 radical (unpaired) electrons. The minimum atomic E-state index is -1.12. The highest BCUT2D eigenvalue weighted by Crippen LogP contribution is 2.30. The molecule has 0 saturated carbocycles. The van der Waals surface area contributed by atoms with Crippen LogP contribution in [-0.4, -0.2) is 44.1 Å². The molecule has 11 nitrogen and oxygen atoms in total. The SMILES string of the molecule is F.F.O=C(O)Nc1cc(CCCCn2c(=O)oc3cc(CCNCC(O)c4ccc(O)c5[nH]c(=O)ccc45)ccc32)ccc1-c1ccccc1. The minimum Gasteiger partial charge on any atom is -0.506 e. The highest BCUT2D eigenvalue weighted by atomic mass is 19.0. The summed E-state index contributed by atoms with van der Waals surface area (Å²) in [5, 5.41) is 36.6. The number of benzene rings is 4. The van der Waals surface area contributed by atoms with E-state index in [1.165, 1.54) is 12.1 Å². The van der Waals surface area contributed by atoms with Crippen LogP contribution in [0.15, 0.2) is 105 Å². The second-order valence-electron chi connectivity index (χ2n) is 11.7. The first-order chi connectivity index (χ1) is 23.3. The molecule has 0 aliphatic rings. The second-order valence-corrected chi connectivity index (χ2v) is 11.7. The van der Waals surface area contributed by atoms with E-state index in [4.69, 9.17) is 4.42 Å². The number of aromatic amines is 1. The zero-order valence-electron chi connectivity index (χ0n) is 26.9. The number of amides is 1. The molecule has 0 bridgehead atoms. The van der Waals surface area contributed by atoms with Crippen molar-refractivity contribution in [2.24, 2.45) is 0 Å². The monoisotopic (exact) mass is 688 g/mol. The van der Waals surface area contributed by atoms with Crippen LogP contribution in [0, 0.1) is 0 Å². The summed E-state index contributed by atoms with van der Waals surface area (Å²) in [6.07, 6.45) is 0.922. The number of anilines is 1. The second kappa shape index (κ2) is 16.5. The summed E-state index contributed by atoms with van der Waals surface area (Å²) < 4.78 is 7.20. The summed E-state index contributed by atoms with van der Waals surface area (Å²) >= 11 is 0. The molecule has 6 N–H and O–H groups in total. The van der Waals surface area contributed by atoms with Crippen LogP contribution in [0.5, 0.6) is 5.75 Å². The summed E-state index contributed by atoms with van der Waals surface area (Å²) in [6, 6.07) is 27.2. The van der Waals surface area contributed by atoms with Gasteiger partial charge in [0.25, 0.3) is 0 Å². The Morgan fingerprint density at radius 3 is 2.42 bits per heavy atom. The lowest BCUT2D eigenvalue weighted by atomic mass is 9.99. The van der Waals surface area contributed by atoms with Crippen LogP contribution >= 0.6 is 0 Å². The van der Waals surface area contributed by atoms with Gasteiger partial charge in [0.2, 0.25) is 5.56 Å². The van der Waals surface area contributed by atoms with Crippen LogP contribution in [0.1, 0.15) is 35.6 Å². The van der Waals surface area contributed by atoms with E-state index >= 15 is 0 Å². The largest absolute Gasteiger partial charge is 0.506 e. The molecular formula is C37H38F2N4O7. The van der Waals surface area contributed by atoms with Crippen LogP contribution < -0.4 is 21.9 Å². The fourth-order valence-corrected chi connectivity index (χ4v) is 6.04. The smallest absolute Gasteiger partial charge is 0.419 e. The number of aryl methyl sites for hydroxylation is 2. The molecule has 1 atom stereocenters. The predicted octanol–water partition coefficient (Wildman–Crippen LogP) is 6.09. The van der Waals surface area contributed by atoms with Crippen molar-refractivity contribution in [1.82, 2.24) is 14.9 Å². The first kappa shape index (κ1) is 37.0. The number of hydrogen-bond acceptors (Lipinski definition) is 7. The van der Waals surface area contributed by atoms with Gasteiger partial charge in [0, 0.05) is 30.1 Å². The van der Waals surface area contributed by atoms with E-state index < -0.39 is 18.0 Å². The number of oxazole rings is 1. The molecule has 0 fully saturated rings. The number of aliphatic hydroxyl groups excluding tert-OH is 1. The molecule has 1 amide bonds. The Bertz CT molecular complexity index is 2200. The molecule has 2 aromatic heterocycles. The average molecular weight is 689 g/mol. The van der Waals surface area contributed by atoms with E-state index in [1.54, 1.807) is 16.7 Å². The van der Waals surface area contributed by atoms with Crippen molar-refractivity contribution in [3.8, 4) is 16.9 Å². The van der Waals surface area contributed by atoms with Gasteiger partial charge < -0.3 is 30.0 Å². The van der Waals surface area contributed by atoms with Crippen LogP contribution in [-0.2, 0) is 19.4 Å². The maximum Gasteiger partial charge on any atom is 0.419 e. The third-order valence-electron chi connectivity index (χ3n) is 8.43. The van der Waals surface area contributed by atoms with Crippen molar-refractivity contribution in [1.29, 1.82) is 0 Å². The normalized spacial score (nSPS) is 11.5. The van der Waals surface area contributed by atoms with Gasteiger partial charge in [-0.2, -0.15) is 0 Å². The number of phenols is 1. The zero-order valence-corrected chi connectivity index (χ0v) is 26.9. The molecule has 0 aliphatic carbocycles. The Labute approximate surface area is 284 Å². The molecule has 2 heterocycles. The molecule has 4 aromatic carbocycles. The van der Waals surface area contributed by atoms with E-state index in [1.807, 2.05) is 66.7 Å². The maximum atomic E-state index is 12.7. The number of nitrogens with one attached hydrogen (secondary N) is 3. The Hall–Kier alpha value is -5.79. The quantitative estimate of drug-likeness (QED) is 0.0792. The highest BCUT2D eigenvalue weighted by Gasteiger charge is 2.15. The molecular weight excluding hydrogens is 650 g/mol. The Morgan fingerprint density at radius 1 is 0.880 bits per heavy atom. The van der Waals surface area contributed by atoms with Crippen LogP contribution in [0.4, 0.5) is 19.9 Å². The van der Waals surface area contributed by atoms with Crippen molar-refractivity contribution in [2.45, 2.75) is 38.3 Å². The molecule has 0 saturated heterocycles. The molecule has 0 aliphatic heterocycles. The van der Waals surface area contributed by atoms with Crippen LogP contribution in [0.2, 0.25) is 0 Å². The molecule has 0 spiro atoms. The average Bonchev–Trinajstić information content (AvgIpc) is 3.39. The number of pyridine rings is 1. The van der Waals surface area contributed by atoms with Gasteiger partial charge in [0.05, 0.1) is 22.8 Å². The number of H-pyrrole nitrogens is 1. The number of unbranched alkanes of at least 4 members (excludes halogenated alkanes) is 1. The summed E-state index contributed by atoms with van der Waals surface area (Å²) in [5.41, 5.74) is 6.05. The van der Waals surface area contributed by atoms with Crippen molar-refractivity contribution < 1.29 is 33.9 Å². The molecule has 1 unspecified atom stereocenters. The predicted molar refractivity (Wildman–Crippen MR) is 190 cm³/mol. The summed E-state index contributed by atoms with van der Waals surface area (Å²) in [6.45, 7) is 1.32. The third kappa shape index (κ3) is 8.43. The minimum absolute atomic E-state index is 0. The van der Waals surface area contributed by atoms with Gasteiger partial charge in [-0.05, 0) is 84.8 Å². The molecule has 6 aromatic rings. The Balaban J connectivity index is 0.00000281. The number of nitrogens with zero attached hydrogens (tertiary/aromatic N) is 1. The maximum absolute atomic E-state index is 12.7. The van der Waals surface area contributed by atoms with Gasteiger partial charge in [0.1, 0.15) is 5.75 Å². The fraction of sp³-hybridized carbons (Fsp3) is 0.216. The number of aromatic nitrogens is 2. The Kier molecular flexibility index (Phi) is 12.3. The van der Waals surface area contributed by atoms with Crippen LogP contribution in [0.25, 0.3) is 33.1 Å². The van der Waals surface area contributed by atoms with Crippen molar-refractivity contribution in [3.05, 3.63) is 129 Å². The topological polar surface area (TPSA) is 170 Å². The summed E-state index contributed by atoms with van der Waals surface area (Å²) in [5.74, 6) is -0.468. The zero-order chi connectivity index (χ0) is 33.6. The number of aromatic hydroxyl groups is 1. The number of hydrogen-bond donors (Lipinski definition) is 6. The first-order valence-corrected chi connectivity index (χ1v) is 15.8. The van der Waals surface area contributed by atoms with Gasteiger partial charge in [-0.25, -0.2) is 9.59 Å². The number of phenolic OH excluding ortho intramolecular Hbond substituents is 1. The lowest BCUT2D eigenvalue weighted by molar-refractivity contribution is 0.176. The molecule has 6 rings (SSSR count). The number of aliphatic hydroxyl groups is 1. The molecule has 13 heteroatoms. The van der Waals surface area contributed by atoms with Gasteiger partial charge in [-0.3, -0.25) is 24.1 Å². The van der Waals surface area contributed by atoms with Gasteiger partial charge in [0.15, 0.2) is 5.58 Å². The number of halogens is 2. The number of carbonyl (C=O) groups is 1. The lowest BCUT2D eigenvalue weighted by Crippen LogP contribution is -2.24. The van der Waals surface area contributed by atoms with Crippen molar-refractivity contribution >= 4 is 33.8 Å². The highest BCUT2D eigenvalue weighted by molar-refractivity contribution is 5.91. The van der Waals surface area contributed by atoms with Crippen molar-refractivity contribution in [2.75, 3.05) is 18.4 Å². The third-order valence-corrected chi connectivity index (χ3v) is 8.43. The van der Waals surface area contributed by atoms with E-state index in [-0.39, 0.29) is 27.3 Å². The molecule has 262 valence electrons. The van der Waals surface area contributed by atoms with E-state index in [0.29, 0.717) is 47.2 Å². The standard InChI is InChI=1S/C37H36N4O7.2FH/c42-31-15-12-27(28-13-16-34(44)40-35(28)31)32(43)22-38-18-17-24-10-14-30-33(21-24)48-37(47)41(30)19-5-4-6-23-9-11-26(25-7-2-1-3-8-25)29(20-23)39-36(45)46;;/h1-3,7-16,20-21,32,38-39,42-43H,4-6,17-19,22H2,(H,40,44)(H,45,46);2*1H. The number of fused-ring (bicyclic) bond motifs is 2. The van der Waals surface area contributed by atoms with E-state index in [0.717, 1.165) is 47.0 Å². The summed E-state index contributed by atoms with van der Waals surface area (Å²) in [4.78, 5) is 38.4. The fourth-order valence-electron chi connectivity index (χ4n) is 6.04. The lowest BCUT2D eigenvalue weighted by Gasteiger charge is -2.15. The van der Waals surface area contributed by atoms with Gasteiger partial charge in [-0.15, -0.1) is 0 Å². The number of carboxylic acid groups (broad SMARTS) is 1. The van der Waals surface area contributed by atoms with Gasteiger partial charge in [-0.1, -0.05) is 54.6 Å². The summed E-state index contributed by atoms with van der Waals surface area (Å²) in [7, 11) is 0. The van der Waals surface area contributed by atoms with E-state index in [2.05, 4.69) is 15.6 Å². The number of rotatable bonds is 13. The van der Waals surface area contributed by atoms with Crippen LogP contribution in [0.3, 0.4) is 0 Å². The molecule has 50 heavy (non-hydrogen) atoms.